The Morgan fingerprint density at radius 3 is 2.55 bits per heavy atom. The molecule has 0 bridgehead atoms. The van der Waals surface area contributed by atoms with Gasteiger partial charge in [0, 0.05) is 42.4 Å². The smallest absolute Gasteiger partial charge is 0.244 e. The summed E-state index contributed by atoms with van der Waals surface area (Å²) in [4.78, 5) is 29.0. The summed E-state index contributed by atoms with van der Waals surface area (Å²) in [6, 6.07) is 20.2. The van der Waals surface area contributed by atoms with Gasteiger partial charge >= 0.3 is 0 Å². The van der Waals surface area contributed by atoms with Crippen molar-refractivity contribution in [2.75, 3.05) is 6.54 Å². The minimum absolute atomic E-state index is 0.0404. The van der Waals surface area contributed by atoms with Crippen molar-refractivity contribution in [1.82, 2.24) is 10.3 Å². The van der Waals surface area contributed by atoms with Gasteiger partial charge in [-0.25, -0.2) is 0 Å². The van der Waals surface area contributed by atoms with Crippen LogP contribution in [0.2, 0.25) is 0 Å². The van der Waals surface area contributed by atoms with Gasteiger partial charge in [0.25, 0.3) is 0 Å². The van der Waals surface area contributed by atoms with Crippen molar-refractivity contribution < 1.29 is 9.59 Å². The van der Waals surface area contributed by atoms with Gasteiger partial charge in [0.15, 0.2) is 5.78 Å². The number of rotatable bonds is 6. The molecule has 0 unspecified atom stereocenters. The third-order valence-electron chi connectivity index (χ3n) is 5.85. The molecule has 156 valence electrons. The van der Waals surface area contributed by atoms with E-state index in [1.165, 1.54) is 5.56 Å². The Kier molecular flexibility index (Phi) is 6.08. The van der Waals surface area contributed by atoms with Gasteiger partial charge in [0.05, 0.1) is 0 Å². The molecule has 1 amide bonds. The second kappa shape index (κ2) is 9.09. The van der Waals surface area contributed by atoms with Gasteiger partial charge in [-0.2, -0.15) is 0 Å². The second-order valence-corrected chi connectivity index (χ2v) is 8.05. The lowest BCUT2D eigenvalue weighted by atomic mass is 9.83. The Labute approximate surface area is 183 Å². The number of benzene rings is 2. The van der Waals surface area contributed by atoms with E-state index < -0.39 is 0 Å². The average molecular weight is 411 g/mol. The zero-order valence-electron chi connectivity index (χ0n) is 17.9. The molecule has 2 aromatic carbocycles. The van der Waals surface area contributed by atoms with Crippen molar-refractivity contribution in [3.63, 3.8) is 0 Å². The monoisotopic (exact) mass is 410 g/mol. The molecule has 1 atom stereocenters. The van der Waals surface area contributed by atoms with Crippen molar-refractivity contribution in [1.29, 1.82) is 0 Å². The Balaban J connectivity index is 1.67. The fraction of sp³-hybridized carbons (Fsp3) is 0.222. The van der Waals surface area contributed by atoms with Gasteiger partial charge in [-0.15, -0.1) is 0 Å². The third kappa shape index (κ3) is 4.80. The highest BCUT2D eigenvalue weighted by Crippen LogP contribution is 2.33. The zero-order valence-corrected chi connectivity index (χ0v) is 17.9. The van der Waals surface area contributed by atoms with Crippen molar-refractivity contribution >= 4 is 17.3 Å². The lowest BCUT2D eigenvalue weighted by Gasteiger charge is -2.21. The van der Waals surface area contributed by atoms with E-state index in [2.05, 4.69) is 53.6 Å². The standard InChI is InChI=1S/C27H26N2O2/c1-18-5-3-4-6-24(18)25(17-26(30)23-12-13-28-19(2)15-23)21-9-7-20(8-10-21)22-11-14-29-27(31)16-22/h3-10,12-13,15-16,25H,11,14,17H2,1-2H3,(H,29,31)/t25-/m1/s1. The van der Waals surface area contributed by atoms with E-state index in [-0.39, 0.29) is 17.6 Å². The molecule has 4 heteroatoms. The van der Waals surface area contributed by atoms with Gasteiger partial charge in [0.2, 0.25) is 5.91 Å². The van der Waals surface area contributed by atoms with Crippen LogP contribution in [0.5, 0.6) is 0 Å². The largest absolute Gasteiger partial charge is 0.352 e. The first kappa shape index (κ1) is 20.7. The second-order valence-electron chi connectivity index (χ2n) is 8.05. The van der Waals surface area contributed by atoms with Crippen molar-refractivity contribution in [2.45, 2.75) is 32.6 Å². The normalized spacial score (nSPS) is 14.5. The van der Waals surface area contributed by atoms with Crippen LogP contribution < -0.4 is 5.32 Å². The van der Waals surface area contributed by atoms with Gasteiger partial charge in [-0.05, 0) is 60.2 Å². The highest BCUT2D eigenvalue weighted by molar-refractivity contribution is 5.97. The summed E-state index contributed by atoms with van der Waals surface area (Å²) in [5.41, 5.74) is 7.06. The first-order valence-corrected chi connectivity index (χ1v) is 10.6. The van der Waals surface area contributed by atoms with Crippen LogP contribution in [-0.4, -0.2) is 23.2 Å². The maximum atomic E-state index is 13.1. The molecule has 31 heavy (non-hydrogen) atoms. The number of carbonyl (C=O) groups is 2. The van der Waals surface area contributed by atoms with Crippen LogP contribution in [0.1, 0.15) is 57.1 Å². The molecule has 0 saturated heterocycles. The van der Waals surface area contributed by atoms with Crippen molar-refractivity contribution in [2.24, 2.45) is 0 Å². The van der Waals surface area contributed by atoms with Crippen LogP contribution in [0, 0.1) is 13.8 Å². The molecule has 2 heterocycles. The molecular formula is C27H26N2O2. The number of nitrogens with one attached hydrogen (secondary N) is 1. The molecular weight excluding hydrogens is 384 g/mol. The highest BCUT2D eigenvalue weighted by atomic mass is 16.1. The molecule has 4 nitrogen and oxygen atoms in total. The fourth-order valence-electron chi connectivity index (χ4n) is 4.17. The number of pyridine rings is 1. The molecule has 1 aliphatic rings. The number of Topliss-reactive ketones (excluding diaryl/α,β-unsaturated/α-hetero) is 1. The summed E-state index contributed by atoms with van der Waals surface area (Å²) >= 11 is 0. The Hall–Kier alpha value is -3.53. The predicted octanol–water partition coefficient (Wildman–Crippen LogP) is 5.01. The lowest BCUT2D eigenvalue weighted by molar-refractivity contribution is -0.116. The Bertz CT molecular complexity index is 1150. The molecule has 0 aliphatic carbocycles. The molecule has 0 spiro atoms. The number of carbonyl (C=O) groups excluding carboxylic acids is 2. The summed E-state index contributed by atoms with van der Waals surface area (Å²) in [5, 5.41) is 2.82. The molecule has 1 aromatic heterocycles. The van der Waals surface area contributed by atoms with E-state index in [1.807, 2.05) is 25.1 Å². The molecule has 4 rings (SSSR count). The number of hydrogen-bond acceptors (Lipinski definition) is 3. The SMILES string of the molecule is Cc1cc(C(=O)C[C@H](c2ccc(C3=CC(=O)NCC3)cc2)c2ccccc2C)ccn1. The number of amides is 1. The van der Waals surface area contributed by atoms with E-state index in [0.29, 0.717) is 18.5 Å². The van der Waals surface area contributed by atoms with Gasteiger partial charge in [0.1, 0.15) is 0 Å². The predicted molar refractivity (Wildman–Crippen MR) is 123 cm³/mol. The fourth-order valence-corrected chi connectivity index (χ4v) is 4.17. The van der Waals surface area contributed by atoms with Crippen LogP contribution in [0.25, 0.3) is 5.57 Å². The van der Waals surface area contributed by atoms with Crippen LogP contribution in [0.3, 0.4) is 0 Å². The molecule has 1 N–H and O–H groups in total. The summed E-state index contributed by atoms with van der Waals surface area (Å²) < 4.78 is 0. The summed E-state index contributed by atoms with van der Waals surface area (Å²) in [6.07, 6.45) is 4.58. The van der Waals surface area contributed by atoms with Crippen LogP contribution in [-0.2, 0) is 4.79 Å². The number of aryl methyl sites for hydroxylation is 2. The molecule has 0 saturated carbocycles. The summed E-state index contributed by atoms with van der Waals surface area (Å²) in [5.74, 6) is 0.0238. The number of ketones is 1. The molecule has 0 fully saturated rings. The van der Waals surface area contributed by atoms with Crippen LogP contribution >= 0.6 is 0 Å². The topological polar surface area (TPSA) is 59.1 Å². The van der Waals surface area contributed by atoms with Crippen LogP contribution in [0.15, 0.2) is 72.9 Å². The maximum Gasteiger partial charge on any atom is 0.244 e. The zero-order chi connectivity index (χ0) is 21.8. The third-order valence-corrected chi connectivity index (χ3v) is 5.85. The van der Waals surface area contributed by atoms with Crippen molar-refractivity contribution in [3.8, 4) is 0 Å². The van der Waals surface area contributed by atoms with E-state index in [9.17, 15) is 9.59 Å². The highest BCUT2D eigenvalue weighted by Gasteiger charge is 2.21. The molecule has 1 aliphatic heterocycles. The molecule has 3 aromatic rings. The van der Waals surface area contributed by atoms with E-state index >= 15 is 0 Å². The molecule has 0 radical (unpaired) electrons. The Morgan fingerprint density at radius 2 is 1.84 bits per heavy atom. The number of nitrogens with zero attached hydrogens (tertiary/aromatic N) is 1. The van der Waals surface area contributed by atoms with E-state index in [0.717, 1.165) is 34.4 Å². The first-order chi connectivity index (χ1) is 15.0. The first-order valence-electron chi connectivity index (χ1n) is 10.6. The minimum Gasteiger partial charge on any atom is -0.352 e. The van der Waals surface area contributed by atoms with Gasteiger partial charge < -0.3 is 5.32 Å². The van der Waals surface area contributed by atoms with Gasteiger partial charge in [-0.1, -0.05) is 48.5 Å². The number of hydrogen-bond donors (Lipinski definition) is 1. The van der Waals surface area contributed by atoms with E-state index in [4.69, 9.17) is 0 Å². The lowest BCUT2D eigenvalue weighted by Crippen LogP contribution is -2.26. The summed E-state index contributed by atoms with van der Waals surface area (Å²) in [7, 11) is 0. The minimum atomic E-state index is -0.0418. The van der Waals surface area contributed by atoms with Gasteiger partial charge in [-0.3, -0.25) is 14.6 Å². The number of aromatic nitrogens is 1. The average Bonchev–Trinajstić information content (AvgIpc) is 2.78. The quantitative estimate of drug-likeness (QED) is 0.582. The van der Waals surface area contributed by atoms with Crippen molar-refractivity contribution in [3.05, 3.63) is 106 Å². The van der Waals surface area contributed by atoms with Crippen LogP contribution in [0.4, 0.5) is 0 Å². The summed E-state index contributed by atoms with van der Waals surface area (Å²) in [6.45, 7) is 4.65. The maximum absolute atomic E-state index is 13.1. The van der Waals surface area contributed by atoms with E-state index in [1.54, 1.807) is 18.3 Å². The Morgan fingerprint density at radius 1 is 1.06 bits per heavy atom.